The van der Waals surface area contributed by atoms with Crippen LogP contribution < -0.4 is 11.1 Å². The highest BCUT2D eigenvalue weighted by molar-refractivity contribution is 5.81. The molecule has 0 spiro atoms. The third-order valence-electron chi connectivity index (χ3n) is 3.75. The third-order valence-corrected chi connectivity index (χ3v) is 3.75. The Labute approximate surface area is 124 Å². The summed E-state index contributed by atoms with van der Waals surface area (Å²) in [5, 5.41) is 2.80. The van der Waals surface area contributed by atoms with Crippen LogP contribution in [0.5, 0.6) is 0 Å². The van der Waals surface area contributed by atoms with E-state index in [-0.39, 0.29) is 17.7 Å². The number of nitrogens with zero attached hydrogens (tertiary/aromatic N) is 1. The quantitative estimate of drug-likeness (QED) is 0.800. The summed E-state index contributed by atoms with van der Waals surface area (Å²) in [6.07, 6.45) is 4.33. The number of rotatable bonds is 6. The molecule has 1 fully saturated rings. The number of nitrogens with two attached hydrogens (primary N) is 1. The first-order chi connectivity index (χ1) is 10.2. The molecule has 1 aromatic heterocycles. The van der Waals surface area contributed by atoms with E-state index in [9.17, 15) is 9.59 Å². The molecule has 0 bridgehead atoms. The second-order valence-corrected chi connectivity index (χ2v) is 5.34. The maximum Gasteiger partial charge on any atom is 0.224 e. The van der Waals surface area contributed by atoms with Crippen LogP contribution in [0.2, 0.25) is 0 Å². The predicted octanol–water partition coefficient (Wildman–Crippen LogP) is 0.526. The molecule has 0 saturated carbocycles. The summed E-state index contributed by atoms with van der Waals surface area (Å²) >= 11 is 0. The first-order valence-electron chi connectivity index (χ1n) is 7.48. The Morgan fingerprint density at radius 2 is 2.33 bits per heavy atom. The molecule has 1 aromatic rings. The van der Waals surface area contributed by atoms with Gasteiger partial charge in [-0.05, 0) is 25.0 Å². The lowest BCUT2D eigenvalue weighted by Gasteiger charge is -2.32. The van der Waals surface area contributed by atoms with Gasteiger partial charge in [0.25, 0.3) is 0 Å². The zero-order valence-electron chi connectivity index (χ0n) is 12.2. The standard InChI is InChI=1S/C15H23N3O3/c16-7-8-17-15(20)12-3-1-9-18(11-12)14(19)6-5-13-4-2-10-21-13/h2,4,10,12H,1,3,5-9,11,16H2,(H,17,20). The lowest BCUT2D eigenvalue weighted by atomic mass is 9.96. The summed E-state index contributed by atoms with van der Waals surface area (Å²) in [5.41, 5.74) is 5.38. The smallest absolute Gasteiger partial charge is 0.224 e. The first kappa shape index (κ1) is 15.6. The number of amides is 2. The monoisotopic (exact) mass is 293 g/mol. The maximum atomic E-state index is 12.2. The maximum absolute atomic E-state index is 12.2. The van der Waals surface area contributed by atoms with Crippen LogP contribution in [0.15, 0.2) is 22.8 Å². The van der Waals surface area contributed by atoms with Crippen LogP contribution >= 0.6 is 0 Å². The van der Waals surface area contributed by atoms with Crippen molar-refractivity contribution in [3.8, 4) is 0 Å². The van der Waals surface area contributed by atoms with Crippen molar-refractivity contribution in [2.24, 2.45) is 11.7 Å². The van der Waals surface area contributed by atoms with E-state index in [4.69, 9.17) is 10.2 Å². The van der Waals surface area contributed by atoms with Gasteiger partial charge in [-0.2, -0.15) is 0 Å². The number of furan rings is 1. The van der Waals surface area contributed by atoms with Gasteiger partial charge >= 0.3 is 0 Å². The molecule has 116 valence electrons. The molecule has 0 radical (unpaired) electrons. The van der Waals surface area contributed by atoms with Crippen LogP contribution in [-0.2, 0) is 16.0 Å². The fraction of sp³-hybridized carbons (Fsp3) is 0.600. The van der Waals surface area contributed by atoms with Gasteiger partial charge < -0.3 is 20.4 Å². The van der Waals surface area contributed by atoms with Crippen molar-refractivity contribution in [2.75, 3.05) is 26.2 Å². The second kappa shape index (κ2) is 7.83. The molecule has 0 aromatic carbocycles. The number of hydrogen-bond donors (Lipinski definition) is 2. The van der Waals surface area contributed by atoms with E-state index in [0.29, 0.717) is 32.5 Å². The fourth-order valence-electron chi connectivity index (χ4n) is 2.60. The molecule has 2 rings (SSSR count). The summed E-state index contributed by atoms with van der Waals surface area (Å²) in [4.78, 5) is 25.9. The van der Waals surface area contributed by atoms with Crippen molar-refractivity contribution in [2.45, 2.75) is 25.7 Å². The minimum atomic E-state index is -0.113. The summed E-state index contributed by atoms with van der Waals surface area (Å²) in [7, 11) is 0. The van der Waals surface area contributed by atoms with Crippen LogP contribution in [0, 0.1) is 5.92 Å². The minimum Gasteiger partial charge on any atom is -0.469 e. The average Bonchev–Trinajstić information content (AvgIpc) is 3.03. The normalized spacial score (nSPS) is 18.5. The molecule has 6 heteroatoms. The zero-order valence-corrected chi connectivity index (χ0v) is 12.2. The topological polar surface area (TPSA) is 88.6 Å². The molecule has 3 N–H and O–H groups in total. The molecular formula is C15H23N3O3. The van der Waals surface area contributed by atoms with Gasteiger partial charge in [-0.25, -0.2) is 0 Å². The van der Waals surface area contributed by atoms with Gasteiger partial charge in [0.1, 0.15) is 5.76 Å². The van der Waals surface area contributed by atoms with E-state index in [1.807, 2.05) is 12.1 Å². The number of carbonyl (C=O) groups is 2. The van der Waals surface area contributed by atoms with E-state index in [0.717, 1.165) is 25.1 Å². The van der Waals surface area contributed by atoms with Gasteiger partial charge in [0.15, 0.2) is 0 Å². The number of nitrogens with one attached hydrogen (secondary N) is 1. The lowest BCUT2D eigenvalue weighted by Crippen LogP contribution is -2.46. The van der Waals surface area contributed by atoms with Crippen molar-refractivity contribution < 1.29 is 14.0 Å². The minimum absolute atomic E-state index is 0.00369. The molecule has 1 unspecified atom stereocenters. The van der Waals surface area contributed by atoms with Gasteiger partial charge in [0.05, 0.1) is 12.2 Å². The number of piperidine rings is 1. The molecule has 1 aliphatic heterocycles. The highest BCUT2D eigenvalue weighted by atomic mass is 16.3. The van der Waals surface area contributed by atoms with Crippen LogP contribution in [0.4, 0.5) is 0 Å². The summed E-state index contributed by atoms with van der Waals surface area (Å²) in [6, 6.07) is 3.69. The van der Waals surface area contributed by atoms with Crippen LogP contribution in [0.25, 0.3) is 0 Å². The Hall–Kier alpha value is -1.82. The Morgan fingerprint density at radius 3 is 3.05 bits per heavy atom. The molecule has 2 heterocycles. The van der Waals surface area contributed by atoms with E-state index in [1.54, 1.807) is 11.2 Å². The van der Waals surface area contributed by atoms with E-state index < -0.39 is 0 Å². The van der Waals surface area contributed by atoms with Gasteiger partial charge in [-0.3, -0.25) is 9.59 Å². The first-order valence-corrected chi connectivity index (χ1v) is 7.48. The summed E-state index contributed by atoms with van der Waals surface area (Å²) < 4.78 is 5.23. The highest BCUT2D eigenvalue weighted by Gasteiger charge is 2.27. The number of hydrogen-bond acceptors (Lipinski definition) is 4. The molecule has 6 nitrogen and oxygen atoms in total. The van der Waals surface area contributed by atoms with Gasteiger partial charge in [-0.15, -0.1) is 0 Å². The predicted molar refractivity (Wildman–Crippen MR) is 78.4 cm³/mol. The van der Waals surface area contributed by atoms with Crippen molar-refractivity contribution >= 4 is 11.8 Å². The van der Waals surface area contributed by atoms with Crippen molar-refractivity contribution in [3.63, 3.8) is 0 Å². The zero-order chi connectivity index (χ0) is 15.1. The Kier molecular flexibility index (Phi) is 5.80. The van der Waals surface area contributed by atoms with Gasteiger partial charge in [-0.1, -0.05) is 0 Å². The van der Waals surface area contributed by atoms with Crippen molar-refractivity contribution in [1.82, 2.24) is 10.2 Å². The van der Waals surface area contributed by atoms with Crippen LogP contribution in [0.3, 0.4) is 0 Å². The SMILES string of the molecule is NCCNC(=O)C1CCCN(C(=O)CCc2ccco2)C1. The molecular weight excluding hydrogens is 270 g/mol. The van der Waals surface area contributed by atoms with Gasteiger partial charge in [0.2, 0.25) is 11.8 Å². The van der Waals surface area contributed by atoms with Crippen molar-refractivity contribution in [1.29, 1.82) is 0 Å². The molecule has 0 aliphatic carbocycles. The Morgan fingerprint density at radius 1 is 1.48 bits per heavy atom. The third kappa shape index (κ3) is 4.60. The largest absolute Gasteiger partial charge is 0.469 e. The molecule has 21 heavy (non-hydrogen) atoms. The van der Waals surface area contributed by atoms with Gasteiger partial charge in [0, 0.05) is 39.0 Å². The van der Waals surface area contributed by atoms with E-state index >= 15 is 0 Å². The number of carbonyl (C=O) groups excluding carboxylic acids is 2. The van der Waals surface area contributed by atoms with E-state index in [2.05, 4.69) is 5.32 Å². The Balaban J connectivity index is 1.79. The van der Waals surface area contributed by atoms with E-state index in [1.165, 1.54) is 0 Å². The second-order valence-electron chi connectivity index (χ2n) is 5.34. The summed E-state index contributed by atoms with van der Waals surface area (Å²) in [5.74, 6) is 0.794. The summed E-state index contributed by atoms with van der Waals surface area (Å²) in [6.45, 7) is 2.16. The number of aryl methyl sites for hydroxylation is 1. The molecule has 1 atom stereocenters. The molecule has 2 amide bonds. The number of likely N-dealkylation sites (tertiary alicyclic amines) is 1. The average molecular weight is 293 g/mol. The molecule has 1 saturated heterocycles. The lowest BCUT2D eigenvalue weighted by molar-refractivity contribution is -0.135. The highest BCUT2D eigenvalue weighted by Crippen LogP contribution is 2.18. The van der Waals surface area contributed by atoms with Crippen LogP contribution in [-0.4, -0.2) is 42.9 Å². The van der Waals surface area contributed by atoms with Crippen LogP contribution in [0.1, 0.15) is 25.0 Å². The molecule has 1 aliphatic rings. The fourth-order valence-corrected chi connectivity index (χ4v) is 2.60. The Bertz CT molecular complexity index is 459. The van der Waals surface area contributed by atoms with Crippen molar-refractivity contribution in [3.05, 3.63) is 24.2 Å².